The molecule has 1 aromatic heterocycles. The summed E-state index contributed by atoms with van der Waals surface area (Å²) in [6, 6.07) is 9.98. The SMILES string of the molecule is C/C(=N\NC(N)=S)c1nccc2ccccc12. The highest BCUT2D eigenvalue weighted by atomic mass is 32.1. The van der Waals surface area contributed by atoms with E-state index in [1.807, 2.05) is 37.3 Å². The number of pyridine rings is 1. The number of rotatable bonds is 2. The van der Waals surface area contributed by atoms with Gasteiger partial charge in [0.1, 0.15) is 0 Å². The van der Waals surface area contributed by atoms with Gasteiger partial charge in [-0.25, -0.2) is 0 Å². The van der Waals surface area contributed by atoms with E-state index in [1.54, 1.807) is 6.20 Å². The fourth-order valence-electron chi connectivity index (χ4n) is 1.60. The molecule has 17 heavy (non-hydrogen) atoms. The highest BCUT2D eigenvalue weighted by Crippen LogP contribution is 2.16. The van der Waals surface area contributed by atoms with Crippen molar-refractivity contribution < 1.29 is 0 Å². The number of hydrogen-bond acceptors (Lipinski definition) is 3. The molecule has 0 atom stereocenters. The van der Waals surface area contributed by atoms with Crippen LogP contribution >= 0.6 is 12.2 Å². The zero-order valence-corrected chi connectivity index (χ0v) is 10.2. The Balaban J connectivity index is 2.48. The first-order valence-corrected chi connectivity index (χ1v) is 5.53. The van der Waals surface area contributed by atoms with Crippen molar-refractivity contribution in [1.82, 2.24) is 10.4 Å². The van der Waals surface area contributed by atoms with Crippen LogP contribution in [0.3, 0.4) is 0 Å². The lowest BCUT2D eigenvalue weighted by Gasteiger charge is -2.05. The van der Waals surface area contributed by atoms with Gasteiger partial charge >= 0.3 is 0 Å². The molecule has 2 aromatic rings. The number of aromatic nitrogens is 1. The molecule has 0 aliphatic carbocycles. The number of nitrogens with zero attached hydrogens (tertiary/aromatic N) is 2. The van der Waals surface area contributed by atoms with E-state index in [9.17, 15) is 0 Å². The molecular weight excluding hydrogens is 232 g/mol. The maximum absolute atomic E-state index is 5.32. The predicted octanol–water partition coefficient (Wildman–Crippen LogP) is 1.79. The molecule has 3 N–H and O–H groups in total. The number of hydrazone groups is 1. The van der Waals surface area contributed by atoms with Crippen molar-refractivity contribution >= 4 is 33.8 Å². The molecule has 5 heteroatoms. The number of hydrogen-bond donors (Lipinski definition) is 2. The van der Waals surface area contributed by atoms with Gasteiger partial charge in [-0.2, -0.15) is 5.10 Å². The molecule has 0 aliphatic rings. The fourth-order valence-corrected chi connectivity index (χ4v) is 1.65. The summed E-state index contributed by atoms with van der Waals surface area (Å²) >= 11 is 4.70. The van der Waals surface area contributed by atoms with Crippen molar-refractivity contribution in [2.24, 2.45) is 10.8 Å². The van der Waals surface area contributed by atoms with E-state index >= 15 is 0 Å². The maximum Gasteiger partial charge on any atom is 0.184 e. The van der Waals surface area contributed by atoms with Crippen molar-refractivity contribution in [2.75, 3.05) is 0 Å². The Morgan fingerprint density at radius 1 is 1.35 bits per heavy atom. The third-order valence-corrected chi connectivity index (χ3v) is 2.44. The van der Waals surface area contributed by atoms with Crippen LogP contribution < -0.4 is 11.2 Å². The minimum absolute atomic E-state index is 0.143. The molecule has 2 rings (SSSR count). The Hall–Kier alpha value is -2.01. The van der Waals surface area contributed by atoms with E-state index in [4.69, 9.17) is 18.0 Å². The monoisotopic (exact) mass is 244 g/mol. The predicted molar refractivity (Wildman–Crippen MR) is 73.9 cm³/mol. The van der Waals surface area contributed by atoms with Crippen LogP contribution in [0.5, 0.6) is 0 Å². The zero-order chi connectivity index (χ0) is 12.3. The Bertz CT molecular complexity index is 587. The van der Waals surface area contributed by atoms with Crippen molar-refractivity contribution in [1.29, 1.82) is 0 Å². The summed E-state index contributed by atoms with van der Waals surface area (Å²) in [6.45, 7) is 1.86. The summed E-state index contributed by atoms with van der Waals surface area (Å²) in [5, 5.41) is 6.41. The quantitative estimate of drug-likeness (QED) is 0.480. The molecule has 0 amide bonds. The van der Waals surface area contributed by atoms with Crippen LogP contribution in [-0.2, 0) is 0 Å². The highest BCUT2D eigenvalue weighted by molar-refractivity contribution is 7.80. The van der Waals surface area contributed by atoms with Crippen LogP contribution in [0, 0.1) is 0 Å². The second-order valence-corrected chi connectivity index (χ2v) is 3.99. The number of nitrogens with one attached hydrogen (secondary N) is 1. The van der Waals surface area contributed by atoms with Gasteiger partial charge in [-0.3, -0.25) is 10.4 Å². The molecule has 4 nitrogen and oxygen atoms in total. The second kappa shape index (κ2) is 4.88. The molecule has 0 aliphatic heterocycles. The fraction of sp³-hybridized carbons (Fsp3) is 0.0833. The number of thiocarbonyl (C=S) groups is 1. The third kappa shape index (κ3) is 2.57. The molecule has 0 radical (unpaired) electrons. The Morgan fingerprint density at radius 2 is 2.12 bits per heavy atom. The van der Waals surface area contributed by atoms with E-state index in [1.165, 1.54) is 0 Å². The molecule has 0 spiro atoms. The first-order valence-electron chi connectivity index (χ1n) is 5.12. The van der Waals surface area contributed by atoms with Crippen molar-refractivity contribution in [3.63, 3.8) is 0 Å². The second-order valence-electron chi connectivity index (χ2n) is 3.55. The van der Waals surface area contributed by atoms with Crippen molar-refractivity contribution in [2.45, 2.75) is 6.92 Å². The van der Waals surface area contributed by atoms with Gasteiger partial charge in [-0.05, 0) is 30.6 Å². The molecular formula is C12H12N4S. The van der Waals surface area contributed by atoms with Crippen LogP contribution in [0.25, 0.3) is 10.8 Å². The standard InChI is InChI=1S/C12H12N4S/c1-8(15-16-12(13)17)11-10-5-3-2-4-9(10)6-7-14-11/h2-7H,1H3,(H3,13,16,17)/b15-8+. The lowest BCUT2D eigenvalue weighted by molar-refractivity contribution is 1.03. The Labute approximate surface area is 105 Å². The number of nitrogens with two attached hydrogens (primary N) is 1. The maximum atomic E-state index is 5.32. The molecule has 0 fully saturated rings. The zero-order valence-electron chi connectivity index (χ0n) is 9.34. The molecule has 1 aromatic carbocycles. The van der Waals surface area contributed by atoms with Crippen LogP contribution in [-0.4, -0.2) is 15.8 Å². The summed E-state index contributed by atoms with van der Waals surface area (Å²) in [5.74, 6) is 0. The van der Waals surface area contributed by atoms with Gasteiger partial charge in [0, 0.05) is 11.6 Å². The van der Waals surface area contributed by atoms with Gasteiger partial charge in [0.25, 0.3) is 0 Å². The molecule has 1 heterocycles. The van der Waals surface area contributed by atoms with E-state index < -0.39 is 0 Å². The molecule has 0 saturated heterocycles. The van der Waals surface area contributed by atoms with E-state index in [2.05, 4.69) is 15.5 Å². The van der Waals surface area contributed by atoms with Gasteiger partial charge in [0.2, 0.25) is 0 Å². The lowest BCUT2D eigenvalue weighted by atomic mass is 10.1. The topological polar surface area (TPSA) is 63.3 Å². The largest absolute Gasteiger partial charge is 0.375 e. The summed E-state index contributed by atoms with van der Waals surface area (Å²) in [5.41, 5.74) is 9.46. The Kier molecular flexibility index (Phi) is 3.30. The van der Waals surface area contributed by atoms with E-state index in [0.717, 1.165) is 22.2 Å². The smallest absolute Gasteiger partial charge is 0.184 e. The minimum Gasteiger partial charge on any atom is -0.375 e. The Morgan fingerprint density at radius 3 is 2.88 bits per heavy atom. The molecule has 0 bridgehead atoms. The number of benzene rings is 1. The summed E-state index contributed by atoms with van der Waals surface area (Å²) in [4.78, 5) is 4.33. The van der Waals surface area contributed by atoms with Gasteiger partial charge < -0.3 is 5.73 Å². The molecule has 0 saturated carbocycles. The van der Waals surface area contributed by atoms with Crippen molar-refractivity contribution in [3.8, 4) is 0 Å². The van der Waals surface area contributed by atoms with Crippen LogP contribution in [0.15, 0.2) is 41.6 Å². The lowest BCUT2D eigenvalue weighted by Crippen LogP contribution is -2.25. The average Bonchev–Trinajstić information content (AvgIpc) is 2.35. The average molecular weight is 244 g/mol. The van der Waals surface area contributed by atoms with Crippen LogP contribution in [0.4, 0.5) is 0 Å². The third-order valence-electron chi connectivity index (χ3n) is 2.35. The molecule has 0 unspecified atom stereocenters. The van der Waals surface area contributed by atoms with Crippen molar-refractivity contribution in [3.05, 3.63) is 42.2 Å². The summed E-state index contributed by atoms with van der Waals surface area (Å²) < 4.78 is 0. The minimum atomic E-state index is 0.143. The normalized spacial score (nSPS) is 11.5. The van der Waals surface area contributed by atoms with Gasteiger partial charge in [-0.15, -0.1) is 0 Å². The van der Waals surface area contributed by atoms with E-state index in [0.29, 0.717) is 0 Å². The first kappa shape index (κ1) is 11.5. The summed E-state index contributed by atoms with van der Waals surface area (Å²) in [7, 11) is 0. The first-order chi connectivity index (χ1) is 8.18. The van der Waals surface area contributed by atoms with E-state index in [-0.39, 0.29) is 5.11 Å². The van der Waals surface area contributed by atoms with Gasteiger partial charge in [0.15, 0.2) is 5.11 Å². The summed E-state index contributed by atoms with van der Waals surface area (Å²) in [6.07, 6.45) is 1.76. The van der Waals surface area contributed by atoms with Gasteiger partial charge in [-0.1, -0.05) is 24.3 Å². The van der Waals surface area contributed by atoms with Crippen LogP contribution in [0.1, 0.15) is 12.6 Å². The van der Waals surface area contributed by atoms with Crippen LogP contribution in [0.2, 0.25) is 0 Å². The molecule has 86 valence electrons. The highest BCUT2D eigenvalue weighted by Gasteiger charge is 2.04. The number of fused-ring (bicyclic) bond motifs is 1. The van der Waals surface area contributed by atoms with Gasteiger partial charge in [0.05, 0.1) is 11.4 Å².